The lowest BCUT2D eigenvalue weighted by Gasteiger charge is -2.23. The zero-order valence-corrected chi connectivity index (χ0v) is 9.99. The topological polar surface area (TPSA) is 44.5 Å². The molecule has 0 radical (unpaired) electrons. The van der Waals surface area contributed by atoms with Crippen LogP contribution in [0.5, 0.6) is 5.75 Å². The van der Waals surface area contributed by atoms with Crippen LogP contribution in [0.4, 0.5) is 4.39 Å². The second-order valence-corrected chi connectivity index (χ2v) is 4.28. The fourth-order valence-electron chi connectivity index (χ4n) is 2.39. The average molecular weight is 239 g/mol. The van der Waals surface area contributed by atoms with Crippen LogP contribution in [0.3, 0.4) is 0 Å². The molecule has 1 aromatic carbocycles. The van der Waals surface area contributed by atoms with Crippen LogP contribution in [-0.4, -0.2) is 26.4 Å². The minimum absolute atomic E-state index is 0.00292. The van der Waals surface area contributed by atoms with Crippen LogP contribution in [0.1, 0.15) is 24.3 Å². The van der Waals surface area contributed by atoms with Gasteiger partial charge in [-0.05, 0) is 31.0 Å². The first-order valence-electron chi connectivity index (χ1n) is 5.91. The van der Waals surface area contributed by atoms with Crippen molar-refractivity contribution in [3.05, 3.63) is 29.6 Å². The lowest BCUT2D eigenvalue weighted by molar-refractivity contribution is 0.0897. The molecule has 1 fully saturated rings. The van der Waals surface area contributed by atoms with Crippen molar-refractivity contribution in [3.63, 3.8) is 0 Å². The Kier molecular flexibility index (Phi) is 3.97. The van der Waals surface area contributed by atoms with Gasteiger partial charge in [0, 0.05) is 24.6 Å². The van der Waals surface area contributed by atoms with Gasteiger partial charge in [-0.25, -0.2) is 4.39 Å². The van der Waals surface area contributed by atoms with Gasteiger partial charge in [0.2, 0.25) is 0 Å². The summed E-state index contributed by atoms with van der Waals surface area (Å²) >= 11 is 0. The summed E-state index contributed by atoms with van der Waals surface area (Å²) in [5, 5.41) is 0. The number of benzene rings is 1. The van der Waals surface area contributed by atoms with E-state index in [9.17, 15) is 4.39 Å². The Morgan fingerprint density at radius 2 is 2.41 bits per heavy atom. The first-order chi connectivity index (χ1) is 8.26. The van der Waals surface area contributed by atoms with Gasteiger partial charge in [0.05, 0.1) is 13.2 Å². The van der Waals surface area contributed by atoms with Gasteiger partial charge in [0.15, 0.2) is 0 Å². The van der Waals surface area contributed by atoms with Gasteiger partial charge in [0.25, 0.3) is 0 Å². The highest BCUT2D eigenvalue weighted by molar-refractivity contribution is 5.38. The maximum atomic E-state index is 13.3. The highest BCUT2D eigenvalue weighted by Gasteiger charge is 2.28. The van der Waals surface area contributed by atoms with Crippen molar-refractivity contribution >= 4 is 0 Å². The highest BCUT2D eigenvalue weighted by atomic mass is 19.1. The van der Waals surface area contributed by atoms with Gasteiger partial charge in [-0.2, -0.15) is 0 Å². The van der Waals surface area contributed by atoms with Gasteiger partial charge in [-0.15, -0.1) is 0 Å². The third kappa shape index (κ3) is 2.58. The van der Waals surface area contributed by atoms with E-state index in [2.05, 4.69) is 0 Å². The summed E-state index contributed by atoms with van der Waals surface area (Å²) in [6, 6.07) is 4.53. The molecule has 3 nitrogen and oxygen atoms in total. The van der Waals surface area contributed by atoms with E-state index in [4.69, 9.17) is 15.2 Å². The molecule has 2 unspecified atom stereocenters. The average Bonchev–Trinajstić information content (AvgIpc) is 2.84. The largest absolute Gasteiger partial charge is 0.496 e. The van der Waals surface area contributed by atoms with E-state index in [1.165, 1.54) is 12.1 Å². The predicted octanol–water partition coefficient (Wildman–Crippen LogP) is 2.06. The second kappa shape index (κ2) is 5.47. The number of hydrogen-bond donors (Lipinski definition) is 1. The number of halogens is 1. The standard InChI is InChI=1S/C13H18FNO2/c1-16-12-5-4-9(14)7-10(12)11(8-15)13-3-2-6-17-13/h4-5,7,11,13H,2-3,6,8,15H2,1H3. The van der Waals surface area contributed by atoms with Crippen molar-refractivity contribution in [1.29, 1.82) is 0 Å². The molecular weight excluding hydrogens is 221 g/mol. The summed E-state index contributed by atoms with van der Waals surface area (Å²) in [5.74, 6) is 0.415. The summed E-state index contributed by atoms with van der Waals surface area (Å²) in [7, 11) is 1.58. The van der Waals surface area contributed by atoms with Gasteiger partial charge in [0.1, 0.15) is 11.6 Å². The summed E-state index contributed by atoms with van der Waals surface area (Å²) in [6.45, 7) is 1.20. The van der Waals surface area contributed by atoms with Crippen LogP contribution in [0.2, 0.25) is 0 Å². The number of methoxy groups -OCH3 is 1. The molecule has 0 aromatic heterocycles. The Bertz CT molecular complexity index is 378. The number of ether oxygens (including phenoxy) is 2. The lowest BCUT2D eigenvalue weighted by atomic mass is 9.91. The molecule has 0 spiro atoms. The number of nitrogens with two attached hydrogens (primary N) is 1. The molecule has 17 heavy (non-hydrogen) atoms. The minimum atomic E-state index is -0.266. The van der Waals surface area contributed by atoms with Crippen molar-refractivity contribution in [3.8, 4) is 5.75 Å². The maximum Gasteiger partial charge on any atom is 0.123 e. The van der Waals surface area contributed by atoms with E-state index in [0.29, 0.717) is 12.3 Å². The molecule has 94 valence electrons. The Labute approximate surface area is 101 Å². The minimum Gasteiger partial charge on any atom is -0.496 e. The van der Waals surface area contributed by atoms with Gasteiger partial charge in [-0.3, -0.25) is 0 Å². The van der Waals surface area contributed by atoms with Crippen LogP contribution >= 0.6 is 0 Å². The van der Waals surface area contributed by atoms with E-state index in [-0.39, 0.29) is 17.8 Å². The van der Waals surface area contributed by atoms with E-state index < -0.39 is 0 Å². The first kappa shape index (κ1) is 12.3. The molecule has 1 aliphatic heterocycles. The molecule has 0 aliphatic carbocycles. The van der Waals surface area contributed by atoms with Crippen LogP contribution in [0.25, 0.3) is 0 Å². The Hall–Kier alpha value is -1.13. The van der Waals surface area contributed by atoms with E-state index in [1.807, 2.05) is 0 Å². The fourth-order valence-corrected chi connectivity index (χ4v) is 2.39. The van der Waals surface area contributed by atoms with Crippen LogP contribution < -0.4 is 10.5 Å². The molecule has 4 heteroatoms. The molecular formula is C13H18FNO2. The van der Waals surface area contributed by atoms with Crippen molar-refractivity contribution in [2.24, 2.45) is 5.73 Å². The lowest BCUT2D eigenvalue weighted by Crippen LogP contribution is -2.26. The second-order valence-electron chi connectivity index (χ2n) is 4.28. The Balaban J connectivity index is 2.31. The molecule has 2 atom stereocenters. The third-order valence-corrected chi connectivity index (χ3v) is 3.26. The summed E-state index contributed by atoms with van der Waals surface area (Å²) in [6.07, 6.45) is 2.09. The summed E-state index contributed by atoms with van der Waals surface area (Å²) in [4.78, 5) is 0. The smallest absolute Gasteiger partial charge is 0.123 e. The quantitative estimate of drug-likeness (QED) is 0.874. The Morgan fingerprint density at radius 1 is 1.59 bits per heavy atom. The van der Waals surface area contributed by atoms with Crippen LogP contribution in [0, 0.1) is 5.82 Å². The third-order valence-electron chi connectivity index (χ3n) is 3.26. The number of hydrogen-bond acceptors (Lipinski definition) is 3. The van der Waals surface area contributed by atoms with Crippen molar-refractivity contribution in [2.45, 2.75) is 24.9 Å². The van der Waals surface area contributed by atoms with Crippen LogP contribution in [-0.2, 0) is 4.74 Å². The van der Waals surface area contributed by atoms with Crippen molar-refractivity contribution in [1.82, 2.24) is 0 Å². The SMILES string of the molecule is COc1ccc(F)cc1C(CN)C1CCCO1. The van der Waals surface area contributed by atoms with Crippen LogP contribution in [0.15, 0.2) is 18.2 Å². The van der Waals surface area contributed by atoms with Gasteiger partial charge >= 0.3 is 0 Å². The monoisotopic (exact) mass is 239 g/mol. The van der Waals surface area contributed by atoms with E-state index in [0.717, 1.165) is 25.0 Å². The molecule has 0 saturated carbocycles. The van der Waals surface area contributed by atoms with Gasteiger partial charge in [-0.1, -0.05) is 0 Å². The fraction of sp³-hybridized carbons (Fsp3) is 0.538. The molecule has 1 heterocycles. The van der Waals surface area contributed by atoms with Gasteiger partial charge < -0.3 is 15.2 Å². The summed E-state index contributed by atoms with van der Waals surface area (Å²) in [5.41, 5.74) is 6.61. The summed E-state index contributed by atoms with van der Waals surface area (Å²) < 4.78 is 24.2. The molecule has 1 aromatic rings. The first-order valence-corrected chi connectivity index (χ1v) is 5.91. The molecule has 1 aliphatic rings. The van der Waals surface area contributed by atoms with Crippen molar-refractivity contribution < 1.29 is 13.9 Å². The normalized spacial score (nSPS) is 21.5. The van der Waals surface area contributed by atoms with Crippen molar-refractivity contribution in [2.75, 3.05) is 20.3 Å². The molecule has 2 N–H and O–H groups in total. The predicted molar refractivity (Wildman–Crippen MR) is 63.7 cm³/mol. The molecule has 0 amide bonds. The maximum absolute atomic E-state index is 13.3. The molecule has 2 rings (SSSR count). The zero-order chi connectivity index (χ0) is 12.3. The molecule has 0 bridgehead atoms. The van der Waals surface area contributed by atoms with E-state index >= 15 is 0 Å². The molecule has 1 saturated heterocycles. The van der Waals surface area contributed by atoms with E-state index in [1.54, 1.807) is 13.2 Å². The zero-order valence-electron chi connectivity index (χ0n) is 9.99. The highest BCUT2D eigenvalue weighted by Crippen LogP contribution is 2.34. The number of rotatable bonds is 4. The Morgan fingerprint density at radius 3 is 3.00 bits per heavy atom.